The summed E-state index contributed by atoms with van der Waals surface area (Å²) in [4.78, 5) is 23.5. The number of hydrogen-bond acceptors (Lipinski definition) is 4. The summed E-state index contributed by atoms with van der Waals surface area (Å²) in [5.41, 5.74) is 6.17. The smallest absolute Gasteiger partial charge is 0.276 e. The van der Waals surface area contributed by atoms with Gasteiger partial charge in [-0.15, -0.1) is 0 Å². The van der Waals surface area contributed by atoms with Crippen molar-refractivity contribution >= 4 is 46.8 Å². The van der Waals surface area contributed by atoms with Crippen LogP contribution in [0.1, 0.15) is 11.1 Å². The van der Waals surface area contributed by atoms with Gasteiger partial charge in [-0.05, 0) is 66.7 Å². The molecule has 0 unspecified atom stereocenters. The SMILES string of the molecule is Cc1cc(OCC(=O)NNC(=S)NC(=O)C=Cc2ccc(F)cc2)ccc1Cl. The Morgan fingerprint density at radius 3 is 2.57 bits per heavy atom. The number of nitrogens with one attached hydrogen (secondary N) is 3. The Labute approximate surface area is 171 Å². The summed E-state index contributed by atoms with van der Waals surface area (Å²) >= 11 is 10.8. The van der Waals surface area contributed by atoms with E-state index < -0.39 is 11.8 Å². The minimum atomic E-state index is -0.510. The molecule has 3 N–H and O–H groups in total. The van der Waals surface area contributed by atoms with E-state index in [4.69, 9.17) is 28.6 Å². The van der Waals surface area contributed by atoms with Crippen LogP contribution in [0, 0.1) is 12.7 Å². The number of carbonyl (C=O) groups excluding carboxylic acids is 2. The van der Waals surface area contributed by atoms with Gasteiger partial charge >= 0.3 is 0 Å². The molecule has 2 aromatic carbocycles. The lowest BCUT2D eigenvalue weighted by Crippen LogP contribution is -2.49. The molecule has 0 heterocycles. The zero-order valence-electron chi connectivity index (χ0n) is 14.8. The first-order valence-electron chi connectivity index (χ1n) is 8.06. The third kappa shape index (κ3) is 7.34. The molecule has 0 aliphatic carbocycles. The van der Waals surface area contributed by atoms with Crippen LogP contribution < -0.4 is 20.9 Å². The lowest BCUT2D eigenvalue weighted by Gasteiger charge is -2.11. The molecule has 0 radical (unpaired) electrons. The molecule has 0 saturated carbocycles. The van der Waals surface area contributed by atoms with Gasteiger partial charge in [0.25, 0.3) is 5.91 Å². The Balaban J connectivity index is 1.70. The first kappa shape index (κ1) is 21.3. The summed E-state index contributed by atoms with van der Waals surface area (Å²) < 4.78 is 18.1. The van der Waals surface area contributed by atoms with Gasteiger partial charge < -0.3 is 4.74 Å². The largest absolute Gasteiger partial charge is 0.484 e. The molecule has 9 heteroatoms. The highest BCUT2D eigenvalue weighted by Gasteiger charge is 2.06. The zero-order chi connectivity index (χ0) is 20.5. The van der Waals surface area contributed by atoms with Crippen molar-refractivity contribution in [3.05, 3.63) is 70.5 Å². The summed E-state index contributed by atoms with van der Waals surface area (Å²) in [5, 5.41) is 2.87. The molecule has 0 spiro atoms. The second-order valence-electron chi connectivity index (χ2n) is 5.58. The number of amides is 2. The van der Waals surface area contributed by atoms with Gasteiger partial charge in [0.2, 0.25) is 5.91 Å². The number of halogens is 2. The van der Waals surface area contributed by atoms with Crippen LogP contribution in [-0.2, 0) is 9.59 Å². The van der Waals surface area contributed by atoms with E-state index in [2.05, 4.69) is 16.2 Å². The third-order valence-electron chi connectivity index (χ3n) is 3.35. The van der Waals surface area contributed by atoms with Crippen molar-refractivity contribution in [2.45, 2.75) is 6.92 Å². The van der Waals surface area contributed by atoms with Gasteiger partial charge in [-0.2, -0.15) is 0 Å². The zero-order valence-corrected chi connectivity index (χ0v) is 16.4. The Bertz CT molecular complexity index is 904. The topological polar surface area (TPSA) is 79.5 Å². The number of thiocarbonyl (C=S) groups is 1. The third-order valence-corrected chi connectivity index (χ3v) is 3.98. The monoisotopic (exact) mass is 421 g/mol. The molecule has 0 aliphatic rings. The highest BCUT2D eigenvalue weighted by Crippen LogP contribution is 2.20. The van der Waals surface area contributed by atoms with Crippen molar-refractivity contribution in [3.63, 3.8) is 0 Å². The van der Waals surface area contributed by atoms with Gasteiger partial charge in [0, 0.05) is 11.1 Å². The van der Waals surface area contributed by atoms with Crippen LogP contribution in [0.3, 0.4) is 0 Å². The van der Waals surface area contributed by atoms with Crippen LogP contribution in [0.25, 0.3) is 6.08 Å². The molecule has 0 aromatic heterocycles. The fourth-order valence-corrected chi connectivity index (χ4v) is 2.22. The van der Waals surface area contributed by atoms with Crippen molar-refractivity contribution in [1.82, 2.24) is 16.2 Å². The molecule has 6 nitrogen and oxygen atoms in total. The second-order valence-corrected chi connectivity index (χ2v) is 6.39. The first-order chi connectivity index (χ1) is 13.3. The molecule has 2 rings (SSSR count). The van der Waals surface area contributed by atoms with Crippen LogP contribution in [0.5, 0.6) is 5.75 Å². The highest BCUT2D eigenvalue weighted by molar-refractivity contribution is 7.80. The molecule has 146 valence electrons. The average molecular weight is 422 g/mol. The van der Waals surface area contributed by atoms with Crippen LogP contribution in [0.15, 0.2) is 48.5 Å². The fraction of sp³-hybridized carbons (Fsp3) is 0.105. The van der Waals surface area contributed by atoms with Gasteiger partial charge in [0.05, 0.1) is 0 Å². The summed E-state index contributed by atoms with van der Waals surface area (Å²) in [7, 11) is 0. The van der Waals surface area contributed by atoms with E-state index in [1.807, 2.05) is 6.92 Å². The average Bonchev–Trinajstić information content (AvgIpc) is 2.67. The van der Waals surface area contributed by atoms with Crippen molar-refractivity contribution in [2.24, 2.45) is 0 Å². The quantitative estimate of drug-likeness (QED) is 0.393. The number of hydrazine groups is 1. The second kappa shape index (κ2) is 10.4. The minimum absolute atomic E-state index is 0.0931. The maximum atomic E-state index is 12.8. The van der Waals surface area contributed by atoms with E-state index in [1.54, 1.807) is 18.2 Å². The number of rotatable bonds is 5. The lowest BCUT2D eigenvalue weighted by molar-refractivity contribution is -0.123. The molecular weight excluding hydrogens is 405 g/mol. The lowest BCUT2D eigenvalue weighted by atomic mass is 10.2. The van der Waals surface area contributed by atoms with Gasteiger partial charge in [-0.25, -0.2) is 4.39 Å². The molecule has 28 heavy (non-hydrogen) atoms. The van der Waals surface area contributed by atoms with Crippen LogP contribution >= 0.6 is 23.8 Å². The Kier molecular flexibility index (Phi) is 7.91. The van der Waals surface area contributed by atoms with Crippen molar-refractivity contribution in [2.75, 3.05) is 6.61 Å². The molecule has 2 amide bonds. The molecule has 0 atom stereocenters. The number of carbonyl (C=O) groups is 2. The van der Waals surface area contributed by atoms with E-state index in [0.29, 0.717) is 16.3 Å². The van der Waals surface area contributed by atoms with Crippen LogP contribution in [-0.4, -0.2) is 23.5 Å². The standard InChI is InChI=1S/C19H17ClFN3O3S/c1-12-10-15(7-8-16(12)20)27-11-18(26)23-24-19(28)22-17(25)9-4-13-2-5-14(21)6-3-13/h2-10H,11H2,1H3,(H,23,26)(H2,22,24,25,28). The predicted octanol–water partition coefficient (Wildman–Crippen LogP) is 2.90. The minimum Gasteiger partial charge on any atom is -0.484 e. The number of hydrogen-bond donors (Lipinski definition) is 3. The van der Waals surface area contributed by atoms with E-state index in [9.17, 15) is 14.0 Å². The van der Waals surface area contributed by atoms with Crippen molar-refractivity contribution in [1.29, 1.82) is 0 Å². The van der Waals surface area contributed by atoms with Gasteiger partial charge in [-0.3, -0.25) is 25.8 Å². The normalized spacial score (nSPS) is 10.4. The number of benzene rings is 2. The molecule has 0 bridgehead atoms. The number of aryl methyl sites for hydroxylation is 1. The molecule has 0 fully saturated rings. The van der Waals surface area contributed by atoms with Gasteiger partial charge in [0.15, 0.2) is 11.7 Å². The predicted molar refractivity (Wildman–Crippen MR) is 109 cm³/mol. The number of ether oxygens (including phenoxy) is 1. The first-order valence-corrected chi connectivity index (χ1v) is 8.84. The maximum Gasteiger partial charge on any atom is 0.276 e. The maximum absolute atomic E-state index is 12.8. The van der Waals surface area contributed by atoms with Crippen LogP contribution in [0.4, 0.5) is 4.39 Å². The summed E-state index contributed by atoms with van der Waals surface area (Å²) in [6.45, 7) is 1.57. The van der Waals surface area contributed by atoms with Gasteiger partial charge in [-0.1, -0.05) is 23.7 Å². The van der Waals surface area contributed by atoms with E-state index >= 15 is 0 Å². The van der Waals surface area contributed by atoms with Crippen molar-refractivity contribution in [3.8, 4) is 5.75 Å². The van der Waals surface area contributed by atoms with E-state index in [1.165, 1.54) is 36.4 Å². The Morgan fingerprint density at radius 2 is 1.89 bits per heavy atom. The molecule has 0 aliphatic heterocycles. The van der Waals surface area contributed by atoms with Crippen LogP contribution in [0.2, 0.25) is 5.02 Å². The summed E-state index contributed by atoms with van der Waals surface area (Å²) in [5.74, 6) is -0.869. The van der Waals surface area contributed by atoms with Crippen molar-refractivity contribution < 1.29 is 18.7 Å². The molecule has 2 aromatic rings. The Morgan fingerprint density at radius 1 is 1.18 bits per heavy atom. The van der Waals surface area contributed by atoms with E-state index in [0.717, 1.165) is 5.56 Å². The Hall–Kier alpha value is -2.97. The van der Waals surface area contributed by atoms with Gasteiger partial charge in [0.1, 0.15) is 11.6 Å². The molecule has 0 saturated heterocycles. The highest BCUT2D eigenvalue weighted by atomic mass is 35.5. The van der Waals surface area contributed by atoms with E-state index in [-0.39, 0.29) is 17.5 Å². The molecular formula is C19H17ClFN3O3S. The summed E-state index contributed by atoms with van der Waals surface area (Å²) in [6, 6.07) is 10.7. The fourth-order valence-electron chi connectivity index (χ4n) is 1.95. The summed E-state index contributed by atoms with van der Waals surface area (Å²) in [6.07, 6.45) is 2.73.